The molecule has 25 heavy (non-hydrogen) atoms. The number of hydrogen-bond donors (Lipinski definition) is 0. The molecule has 0 fully saturated rings. The van der Waals surface area contributed by atoms with E-state index >= 15 is 0 Å². The van der Waals surface area contributed by atoms with Gasteiger partial charge in [0.2, 0.25) is 0 Å². The maximum atomic E-state index is 6.83. The van der Waals surface area contributed by atoms with E-state index in [9.17, 15) is 0 Å². The van der Waals surface area contributed by atoms with Gasteiger partial charge >= 0.3 is 172 Å². The fourth-order valence-electron chi connectivity index (χ4n) is 1.03. The summed E-state index contributed by atoms with van der Waals surface area (Å²) >= 11 is -3.00. The zero-order valence-corrected chi connectivity index (χ0v) is 26.1. The van der Waals surface area contributed by atoms with Crippen molar-refractivity contribution >= 4 is 48.0 Å². The molecule has 7 heteroatoms. The van der Waals surface area contributed by atoms with Gasteiger partial charge in [-0.25, -0.2) is 0 Å². The molecule has 0 unspecified atom stereocenters. The van der Waals surface area contributed by atoms with Gasteiger partial charge in [0.05, 0.1) is 0 Å². The van der Waals surface area contributed by atoms with Crippen LogP contribution >= 0.6 is 0 Å². The molecule has 0 aromatic rings. The Labute approximate surface area is 171 Å². The summed E-state index contributed by atoms with van der Waals surface area (Å²) in [6, 6.07) is 0. The standard InChI is InChI=1S/3C6H15OSi.Bi/c3*1-6(2,3)8(4,5)7;/h3*1-5H3;/q3*-1;+3. The van der Waals surface area contributed by atoms with Crippen LogP contribution in [0.25, 0.3) is 0 Å². The van der Waals surface area contributed by atoms with Gasteiger partial charge < -0.3 is 0 Å². The van der Waals surface area contributed by atoms with Crippen LogP contribution < -0.4 is 0 Å². The molecule has 0 spiro atoms. The molecule has 0 aromatic carbocycles. The van der Waals surface area contributed by atoms with E-state index in [1.165, 1.54) is 0 Å². The van der Waals surface area contributed by atoms with E-state index in [0.717, 1.165) is 0 Å². The zero-order valence-electron chi connectivity index (χ0n) is 19.7. The summed E-state index contributed by atoms with van der Waals surface area (Å²) in [6.45, 7) is 34.5. The summed E-state index contributed by atoms with van der Waals surface area (Å²) in [4.78, 5) is 0. The maximum absolute atomic E-state index is 6.83. The van der Waals surface area contributed by atoms with Crippen molar-refractivity contribution in [1.82, 2.24) is 0 Å². The van der Waals surface area contributed by atoms with Crippen LogP contribution in [0.4, 0.5) is 0 Å². The van der Waals surface area contributed by atoms with Crippen molar-refractivity contribution in [2.24, 2.45) is 0 Å². The molecule has 0 aliphatic carbocycles. The average Bonchev–Trinajstić information content (AvgIpc) is 2.21. The van der Waals surface area contributed by atoms with Gasteiger partial charge in [0, 0.05) is 0 Å². The second-order valence-electron chi connectivity index (χ2n) is 11.8. The van der Waals surface area contributed by atoms with E-state index < -0.39 is 48.0 Å². The molecule has 0 amide bonds. The first-order valence-corrected chi connectivity index (χ1v) is 22.4. The SMILES string of the molecule is CC(C)(C)[Si](C)(C)[O][Bi]([O][Si](C)(C)C(C)(C)C)[O][Si](C)(C)C(C)(C)C. The molecule has 3 nitrogen and oxygen atoms in total. The Morgan fingerprint density at radius 3 is 0.720 bits per heavy atom. The zero-order chi connectivity index (χ0) is 20.7. The van der Waals surface area contributed by atoms with E-state index in [-0.39, 0.29) is 15.1 Å². The van der Waals surface area contributed by atoms with Crippen LogP contribution in [0, 0.1) is 0 Å². The Balaban J connectivity index is 5.70. The molecule has 0 atom stereocenters. The Morgan fingerprint density at radius 2 is 0.600 bits per heavy atom. The van der Waals surface area contributed by atoms with Crippen LogP contribution in [0.15, 0.2) is 0 Å². The molecular formula is C18H45BiO3Si3. The first-order chi connectivity index (χ1) is 10.5. The summed E-state index contributed by atoms with van der Waals surface area (Å²) in [5, 5.41) is 0.524. The van der Waals surface area contributed by atoms with E-state index in [1.54, 1.807) is 0 Å². The van der Waals surface area contributed by atoms with Crippen LogP contribution in [-0.2, 0) is 7.51 Å². The second-order valence-corrected chi connectivity index (χ2v) is 34.0. The van der Waals surface area contributed by atoms with Crippen molar-refractivity contribution in [3.05, 3.63) is 0 Å². The Bertz CT molecular complexity index is 377. The fourth-order valence-corrected chi connectivity index (χ4v) is 29.9. The number of hydrogen-bond acceptors (Lipinski definition) is 3. The van der Waals surface area contributed by atoms with Gasteiger partial charge in [-0.1, -0.05) is 0 Å². The third-order valence-corrected chi connectivity index (χ3v) is 40.2. The number of rotatable bonds is 6. The predicted octanol–water partition coefficient (Wildman–Crippen LogP) is 7.04. The van der Waals surface area contributed by atoms with E-state index in [0.29, 0.717) is 0 Å². The summed E-state index contributed by atoms with van der Waals surface area (Å²) in [7, 11) is -5.70. The normalized spacial score (nSPS) is 15.8. The first-order valence-electron chi connectivity index (χ1n) is 9.41. The van der Waals surface area contributed by atoms with Gasteiger partial charge in [-0.3, -0.25) is 0 Å². The van der Waals surface area contributed by atoms with Gasteiger partial charge in [-0.2, -0.15) is 0 Å². The summed E-state index contributed by atoms with van der Waals surface area (Å²) in [6.07, 6.45) is 0. The van der Waals surface area contributed by atoms with Crippen molar-refractivity contribution in [2.45, 2.75) is 117 Å². The van der Waals surface area contributed by atoms with Crippen LogP contribution in [0.3, 0.4) is 0 Å². The monoisotopic (exact) mass is 602 g/mol. The topological polar surface area (TPSA) is 27.7 Å². The van der Waals surface area contributed by atoms with Crippen molar-refractivity contribution < 1.29 is 7.51 Å². The third-order valence-electron chi connectivity index (χ3n) is 6.33. The Kier molecular flexibility index (Phi) is 8.49. The Hall–Kier alpha value is 1.41. The van der Waals surface area contributed by atoms with E-state index in [1.807, 2.05) is 0 Å². The Morgan fingerprint density at radius 1 is 0.440 bits per heavy atom. The molecule has 0 heterocycles. The van der Waals surface area contributed by atoms with Gasteiger partial charge in [0.1, 0.15) is 0 Å². The van der Waals surface area contributed by atoms with Crippen molar-refractivity contribution in [3.8, 4) is 0 Å². The molecule has 0 bridgehead atoms. The van der Waals surface area contributed by atoms with Crippen molar-refractivity contribution in [3.63, 3.8) is 0 Å². The van der Waals surface area contributed by atoms with Gasteiger partial charge in [0.15, 0.2) is 0 Å². The van der Waals surface area contributed by atoms with Crippen molar-refractivity contribution in [1.29, 1.82) is 0 Å². The van der Waals surface area contributed by atoms with E-state index in [4.69, 9.17) is 7.51 Å². The third kappa shape index (κ3) is 7.39. The molecule has 0 saturated heterocycles. The first kappa shape index (κ1) is 26.4. The average molecular weight is 603 g/mol. The van der Waals surface area contributed by atoms with Crippen LogP contribution in [-0.4, -0.2) is 48.0 Å². The molecule has 0 radical (unpaired) electrons. The quantitative estimate of drug-likeness (QED) is 0.306. The molecule has 0 rings (SSSR count). The molecule has 0 aromatic heterocycles. The summed E-state index contributed by atoms with van der Waals surface area (Å²) in [5.41, 5.74) is 0. The van der Waals surface area contributed by atoms with Crippen LogP contribution in [0.2, 0.25) is 54.4 Å². The van der Waals surface area contributed by atoms with Gasteiger partial charge in [0.25, 0.3) is 0 Å². The van der Waals surface area contributed by atoms with E-state index in [2.05, 4.69) is 102 Å². The second kappa shape index (κ2) is 8.04. The van der Waals surface area contributed by atoms with Crippen molar-refractivity contribution in [2.75, 3.05) is 0 Å². The minimum absolute atomic E-state index is 0.175. The molecule has 152 valence electrons. The molecule has 0 aliphatic heterocycles. The molecule has 0 N–H and O–H groups in total. The van der Waals surface area contributed by atoms with Crippen LogP contribution in [0.5, 0.6) is 0 Å². The summed E-state index contributed by atoms with van der Waals surface area (Å²) < 4.78 is 20.5. The minimum atomic E-state index is -3.00. The summed E-state index contributed by atoms with van der Waals surface area (Å²) in [5.74, 6) is 0. The fraction of sp³-hybridized carbons (Fsp3) is 1.00. The molecule has 0 aliphatic rings. The van der Waals surface area contributed by atoms with Gasteiger partial charge in [-0.15, -0.1) is 0 Å². The van der Waals surface area contributed by atoms with Crippen LogP contribution in [0.1, 0.15) is 62.3 Å². The molecular weight excluding hydrogens is 557 g/mol. The molecule has 0 saturated carbocycles. The predicted molar refractivity (Wildman–Crippen MR) is 121 cm³/mol. The van der Waals surface area contributed by atoms with Gasteiger partial charge in [-0.05, 0) is 0 Å².